The maximum absolute atomic E-state index is 10.3. The number of halogens is 2. The zero-order chi connectivity index (χ0) is 9.14. The van der Waals surface area contributed by atoms with Gasteiger partial charge in [0.25, 0.3) is 0 Å². The Labute approximate surface area is 82.8 Å². The van der Waals surface area contributed by atoms with E-state index in [4.69, 9.17) is 28.9 Å². The molecule has 0 unspecified atom stereocenters. The highest BCUT2D eigenvalue weighted by Crippen LogP contribution is 2.27. The minimum Gasteiger partial charge on any atom is -0.366 e. The second-order valence-corrected chi connectivity index (χ2v) is 3.83. The van der Waals surface area contributed by atoms with Crippen LogP contribution in [0.5, 0.6) is 0 Å². The Hall–Kier alpha value is -0.580. The predicted molar refractivity (Wildman–Crippen MR) is 50.4 cm³/mol. The van der Waals surface area contributed by atoms with E-state index < -0.39 is 5.91 Å². The average Bonchev–Trinajstić information content (AvgIpc) is 2.26. The van der Waals surface area contributed by atoms with Crippen LogP contribution in [-0.2, 0) is 4.79 Å². The van der Waals surface area contributed by atoms with E-state index in [0.29, 0.717) is 9.34 Å². The summed E-state index contributed by atoms with van der Waals surface area (Å²) in [5.41, 5.74) is 4.88. The number of aromatic nitrogens is 1. The summed E-state index contributed by atoms with van der Waals surface area (Å²) in [7, 11) is 0. The van der Waals surface area contributed by atoms with Gasteiger partial charge in [0.1, 0.15) is 5.15 Å². The molecule has 0 bridgehead atoms. The van der Waals surface area contributed by atoms with Crippen molar-refractivity contribution < 1.29 is 4.79 Å². The van der Waals surface area contributed by atoms with Crippen LogP contribution < -0.4 is 5.73 Å². The molecule has 6 heteroatoms. The van der Waals surface area contributed by atoms with Crippen LogP contribution in [0, 0.1) is 0 Å². The molecule has 1 aromatic rings. The fourth-order valence-corrected chi connectivity index (χ4v) is 1.82. The molecule has 0 aliphatic heterocycles. The van der Waals surface area contributed by atoms with Crippen molar-refractivity contribution in [2.75, 3.05) is 0 Å². The van der Waals surface area contributed by atoms with Crippen molar-refractivity contribution in [1.82, 2.24) is 4.98 Å². The Morgan fingerprint density at radius 2 is 2.25 bits per heavy atom. The molecule has 0 fully saturated rings. The van der Waals surface area contributed by atoms with Crippen molar-refractivity contribution in [3.8, 4) is 0 Å². The maximum atomic E-state index is 10.3. The lowest BCUT2D eigenvalue weighted by atomic mass is 10.4. The molecular formula is C6H4Cl2N2OS. The predicted octanol–water partition coefficient (Wildman–Crippen LogP) is 1.95. The molecule has 0 aliphatic carbocycles. The van der Waals surface area contributed by atoms with Crippen LogP contribution in [0.15, 0.2) is 6.08 Å². The van der Waals surface area contributed by atoms with Gasteiger partial charge in [0, 0.05) is 6.08 Å². The highest BCUT2D eigenvalue weighted by Gasteiger charge is 2.03. The van der Waals surface area contributed by atoms with Gasteiger partial charge in [-0.3, -0.25) is 4.79 Å². The highest BCUT2D eigenvalue weighted by molar-refractivity contribution is 7.17. The molecule has 3 nitrogen and oxygen atoms in total. The fourth-order valence-electron chi connectivity index (χ4n) is 0.549. The molecule has 12 heavy (non-hydrogen) atoms. The second kappa shape index (κ2) is 3.89. The molecule has 0 aliphatic rings. The number of hydrogen-bond donors (Lipinski definition) is 1. The summed E-state index contributed by atoms with van der Waals surface area (Å²) >= 11 is 12.4. The van der Waals surface area contributed by atoms with Gasteiger partial charge in [-0.05, 0) is 6.08 Å². The largest absolute Gasteiger partial charge is 0.366 e. The minimum atomic E-state index is -0.532. The Balaban J connectivity index is 2.89. The molecule has 2 N–H and O–H groups in total. The van der Waals surface area contributed by atoms with Crippen molar-refractivity contribution in [3.05, 3.63) is 20.6 Å². The van der Waals surface area contributed by atoms with Crippen LogP contribution in [0.1, 0.15) is 4.88 Å². The lowest BCUT2D eigenvalue weighted by molar-refractivity contribution is -0.113. The lowest BCUT2D eigenvalue weighted by Crippen LogP contribution is -2.04. The standard InChI is InChI=1S/C6H4Cl2N2OS/c7-5-3(1-2-4(9)11)12-6(8)10-5/h1-2H,(H2,9,11)/b2-1+. The van der Waals surface area contributed by atoms with Gasteiger partial charge in [0.15, 0.2) is 4.47 Å². The van der Waals surface area contributed by atoms with Gasteiger partial charge in [0.2, 0.25) is 5.91 Å². The summed E-state index contributed by atoms with van der Waals surface area (Å²) in [6.07, 6.45) is 2.68. The van der Waals surface area contributed by atoms with Crippen molar-refractivity contribution in [1.29, 1.82) is 0 Å². The summed E-state index contributed by atoms with van der Waals surface area (Å²) < 4.78 is 0.337. The first kappa shape index (κ1) is 9.51. The summed E-state index contributed by atoms with van der Waals surface area (Å²) in [5.74, 6) is -0.532. The topological polar surface area (TPSA) is 56.0 Å². The van der Waals surface area contributed by atoms with Gasteiger partial charge in [0.05, 0.1) is 4.88 Å². The van der Waals surface area contributed by atoms with Gasteiger partial charge in [-0.2, -0.15) is 0 Å². The first-order valence-corrected chi connectivity index (χ1v) is 4.46. The normalized spacial score (nSPS) is 10.8. The van der Waals surface area contributed by atoms with Crippen molar-refractivity contribution >= 4 is 46.5 Å². The number of rotatable bonds is 2. The first-order chi connectivity index (χ1) is 5.59. The van der Waals surface area contributed by atoms with Crippen LogP contribution in [-0.4, -0.2) is 10.9 Å². The number of hydrogen-bond acceptors (Lipinski definition) is 3. The Morgan fingerprint density at radius 1 is 1.58 bits per heavy atom. The maximum Gasteiger partial charge on any atom is 0.241 e. The monoisotopic (exact) mass is 222 g/mol. The van der Waals surface area contributed by atoms with Crippen molar-refractivity contribution in [3.63, 3.8) is 0 Å². The van der Waals surface area contributed by atoms with E-state index in [1.807, 2.05) is 0 Å². The van der Waals surface area contributed by atoms with Gasteiger partial charge >= 0.3 is 0 Å². The summed E-state index contributed by atoms with van der Waals surface area (Å²) in [5, 5.41) is 0.280. The molecule has 0 atom stereocenters. The number of carbonyl (C=O) groups excluding carboxylic acids is 1. The Kier molecular flexibility index (Phi) is 3.08. The van der Waals surface area contributed by atoms with Gasteiger partial charge in [-0.15, -0.1) is 11.3 Å². The van der Waals surface area contributed by atoms with E-state index in [1.54, 1.807) is 0 Å². The van der Waals surface area contributed by atoms with Crippen LogP contribution >= 0.6 is 34.5 Å². The Morgan fingerprint density at radius 3 is 2.67 bits per heavy atom. The summed E-state index contributed by atoms with van der Waals surface area (Å²) in [6.45, 7) is 0. The highest BCUT2D eigenvalue weighted by atomic mass is 35.5. The van der Waals surface area contributed by atoms with Crippen LogP contribution in [0.25, 0.3) is 6.08 Å². The molecule has 0 saturated carbocycles. The Bertz CT molecular complexity index is 334. The number of nitrogens with two attached hydrogens (primary N) is 1. The van der Waals surface area contributed by atoms with Crippen LogP contribution in [0.2, 0.25) is 9.62 Å². The van der Waals surface area contributed by atoms with Gasteiger partial charge < -0.3 is 5.73 Å². The third-order valence-electron chi connectivity index (χ3n) is 0.983. The third kappa shape index (κ3) is 2.48. The molecule has 64 valence electrons. The van der Waals surface area contributed by atoms with E-state index in [-0.39, 0.29) is 5.15 Å². The number of carbonyl (C=O) groups is 1. The number of amides is 1. The molecule has 0 saturated heterocycles. The summed E-state index contributed by atoms with van der Waals surface area (Å²) in [4.78, 5) is 14.7. The zero-order valence-electron chi connectivity index (χ0n) is 5.75. The second-order valence-electron chi connectivity index (χ2n) is 1.86. The number of nitrogens with zero attached hydrogens (tertiary/aromatic N) is 1. The van der Waals surface area contributed by atoms with E-state index in [2.05, 4.69) is 4.98 Å². The molecule has 0 radical (unpaired) electrons. The van der Waals surface area contributed by atoms with E-state index >= 15 is 0 Å². The molecule has 1 rings (SSSR count). The average molecular weight is 223 g/mol. The van der Waals surface area contributed by atoms with Crippen molar-refractivity contribution in [2.24, 2.45) is 5.73 Å². The summed E-state index contributed by atoms with van der Waals surface area (Å²) in [6, 6.07) is 0. The number of thiazole rings is 1. The van der Waals surface area contributed by atoms with E-state index in [9.17, 15) is 4.79 Å². The lowest BCUT2D eigenvalue weighted by Gasteiger charge is -1.82. The molecule has 1 aromatic heterocycles. The van der Waals surface area contributed by atoms with E-state index in [1.165, 1.54) is 23.5 Å². The smallest absolute Gasteiger partial charge is 0.241 e. The van der Waals surface area contributed by atoms with Crippen molar-refractivity contribution in [2.45, 2.75) is 0 Å². The molecule has 0 spiro atoms. The molecular weight excluding hydrogens is 219 g/mol. The van der Waals surface area contributed by atoms with E-state index in [0.717, 1.165) is 0 Å². The minimum absolute atomic E-state index is 0.280. The quantitative estimate of drug-likeness (QED) is 0.779. The third-order valence-corrected chi connectivity index (χ3v) is 2.51. The SMILES string of the molecule is NC(=O)/C=C/c1sc(Cl)nc1Cl. The molecule has 1 amide bonds. The van der Waals surface area contributed by atoms with Gasteiger partial charge in [-0.1, -0.05) is 23.2 Å². The number of primary amides is 1. The fraction of sp³-hybridized carbons (Fsp3) is 0. The van der Waals surface area contributed by atoms with Crippen LogP contribution in [0.3, 0.4) is 0 Å². The zero-order valence-corrected chi connectivity index (χ0v) is 8.08. The van der Waals surface area contributed by atoms with Gasteiger partial charge in [-0.25, -0.2) is 4.98 Å². The molecule has 0 aromatic carbocycles. The van der Waals surface area contributed by atoms with Crippen LogP contribution in [0.4, 0.5) is 0 Å². The molecule has 1 heterocycles. The first-order valence-electron chi connectivity index (χ1n) is 2.89.